The van der Waals surface area contributed by atoms with E-state index in [1.54, 1.807) is 0 Å². The van der Waals surface area contributed by atoms with Crippen LogP contribution in [0.4, 0.5) is 0 Å². The fraction of sp³-hybridized carbons (Fsp3) is 0.650. The average molecular weight is 343 g/mol. The lowest BCUT2D eigenvalue weighted by molar-refractivity contribution is -0.130. The van der Waals surface area contributed by atoms with Crippen molar-refractivity contribution >= 4 is 5.91 Å². The van der Waals surface area contributed by atoms with Crippen LogP contribution in [0.1, 0.15) is 44.2 Å². The van der Waals surface area contributed by atoms with E-state index in [1.807, 2.05) is 0 Å². The molecule has 0 spiro atoms. The van der Waals surface area contributed by atoms with Gasteiger partial charge in [-0.2, -0.15) is 0 Å². The van der Waals surface area contributed by atoms with Gasteiger partial charge in [0.15, 0.2) is 0 Å². The van der Waals surface area contributed by atoms with Crippen LogP contribution < -0.4 is 5.32 Å². The summed E-state index contributed by atoms with van der Waals surface area (Å²) in [4.78, 5) is 17.4. The van der Waals surface area contributed by atoms with Gasteiger partial charge in [0, 0.05) is 37.6 Å². The SMILES string of the molecule is CC1COCCN1C1CC(=O)NC(N2CCCC2c2ccccc2)C1. The average Bonchev–Trinajstić information content (AvgIpc) is 3.12. The van der Waals surface area contributed by atoms with Gasteiger partial charge in [0.2, 0.25) is 5.91 Å². The summed E-state index contributed by atoms with van der Waals surface area (Å²) < 4.78 is 5.58. The lowest BCUT2D eigenvalue weighted by Gasteiger charge is -2.45. The van der Waals surface area contributed by atoms with Gasteiger partial charge < -0.3 is 10.1 Å². The van der Waals surface area contributed by atoms with Gasteiger partial charge in [-0.1, -0.05) is 30.3 Å². The molecule has 1 aromatic rings. The van der Waals surface area contributed by atoms with E-state index in [4.69, 9.17) is 4.74 Å². The van der Waals surface area contributed by atoms with Gasteiger partial charge in [-0.05, 0) is 31.7 Å². The van der Waals surface area contributed by atoms with Crippen LogP contribution in [0.5, 0.6) is 0 Å². The van der Waals surface area contributed by atoms with Crippen LogP contribution in [0.15, 0.2) is 30.3 Å². The second-order valence-corrected chi connectivity index (χ2v) is 7.65. The minimum atomic E-state index is 0.147. The molecule has 1 N–H and O–H groups in total. The first-order chi connectivity index (χ1) is 12.2. The summed E-state index contributed by atoms with van der Waals surface area (Å²) in [7, 11) is 0. The molecule has 3 fully saturated rings. The number of piperidine rings is 1. The van der Waals surface area contributed by atoms with Crippen LogP contribution in [0.3, 0.4) is 0 Å². The molecule has 1 amide bonds. The van der Waals surface area contributed by atoms with Crippen molar-refractivity contribution in [2.24, 2.45) is 0 Å². The van der Waals surface area contributed by atoms with Crippen LogP contribution in [0.25, 0.3) is 0 Å². The molecule has 25 heavy (non-hydrogen) atoms. The molecule has 0 radical (unpaired) electrons. The summed E-state index contributed by atoms with van der Waals surface area (Å²) in [5, 5.41) is 3.27. The molecule has 3 aliphatic heterocycles. The Morgan fingerprint density at radius 1 is 1.16 bits per heavy atom. The van der Waals surface area contributed by atoms with Crippen molar-refractivity contribution < 1.29 is 9.53 Å². The Hall–Kier alpha value is -1.43. The van der Waals surface area contributed by atoms with E-state index < -0.39 is 0 Å². The molecule has 3 heterocycles. The van der Waals surface area contributed by atoms with Crippen LogP contribution >= 0.6 is 0 Å². The standard InChI is InChI=1S/C20H29N3O2/c1-15-14-25-11-10-22(15)17-12-19(21-20(24)13-17)23-9-5-8-18(23)16-6-3-2-4-7-16/h2-4,6-7,15,17-19H,5,8-14H2,1H3,(H,21,24). The number of carbonyl (C=O) groups excluding carboxylic acids is 1. The molecule has 4 rings (SSSR count). The number of hydrogen-bond acceptors (Lipinski definition) is 4. The zero-order chi connectivity index (χ0) is 17.2. The lowest BCUT2D eigenvalue weighted by Crippen LogP contribution is -2.59. The fourth-order valence-electron chi connectivity index (χ4n) is 4.81. The van der Waals surface area contributed by atoms with Crippen LogP contribution in [0.2, 0.25) is 0 Å². The quantitative estimate of drug-likeness (QED) is 0.913. The zero-order valence-corrected chi connectivity index (χ0v) is 15.1. The Bertz CT molecular complexity index is 594. The highest BCUT2D eigenvalue weighted by atomic mass is 16.5. The van der Waals surface area contributed by atoms with E-state index in [0.29, 0.717) is 24.5 Å². The van der Waals surface area contributed by atoms with Gasteiger partial charge in [-0.15, -0.1) is 0 Å². The Morgan fingerprint density at radius 3 is 2.80 bits per heavy atom. The summed E-state index contributed by atoms with van der Waals surface area (Å²) >= 11 is 0. The monoisotopic (exact) mass is 343 g/mol. The number of likely N-dealkylation sites (tertiary alicyclic amines) is 1. The number of nitrogens with zero attached hydrogens (tertiary/aromatic N) is 2. The second-order valence-electron chi connectivity index (χ2n) is 7.65. The van der Waals surface area contributed by atoms with Crippen molar-refractivity contribution in [1.82, 2.24) is 15.1 Å². The number of nitrogens with one attached hydrogen (secondary N) is 1. The maximum absolute atomic E-state index is 12.4. The molecule has 4 unspecified atom stereocenters. The number of carbonyl (C=O) groups is 1. The summed E-state index contributed by atoms with van der Waals surface area (Å²) in [6.07, 6.45) is 4.15. The Morgan fingerprint density at radius 2 is 2.00 bits per heavy atom. The minimum Gasteiger partial charge on any atom is -0.379 e. The predicted octanol–water partition coefficient (Wildman–Crippen LogP) is 2.15. The van der Waals surface area contributed by atoms with Gasteiger partial charge in [0.05, 0.1) is 19.4 Å². The first-order valence-corrected chi connectivity index (χ1v) is 9.66. The van der Waals surface area contributed by atoms with Gasteiger partial charge >= 0.3 is 0 Å². The largest absolute Gasteiger partial charge is 0.379 e. The molecule has 136 valence electrons. The topological polar surface area (TPSA) is 44.8 Å². The highest BCUT2D eigenvalue weighted by Gasteiger charge is 2.39. The van der Waals surface area contributed by atoms with E-state index >= 15 is 0 Å². The van der Waals surface area contributed by atoms with Gasteiger partial charge in [0.1, 0.15) is 0 Å². The molecule has 3 saturated heterocycles. The molecule has 0 saturated carbocycles. The first kappa shape index (κ1) is 17.0. The molecule has 4 atom stereocenters. The summed E-state index contributed by atoms with van der Waals surface area (Å²) in [6, 6.07) is 11.9. The number of rotatable bonds is 3. The van der Waals surface area contributed by atoms with Crippen LogP contribution in [-0.4, -0.2) is 60.3 Å². The minimum absolute atomic E-state index is 0.147. The summed E-state index contributed by atoms with van der Waals surface area (Å²) in [5.41, 5.74) is 1.37. The number of morpholine rings is 1. The molecule has 0 aromatic heterocycles. The lowest BCUT2D eigenvalue weighted by atomic mass is 9.97. The molecule has 3 aliphatic rings. The fourth-order valence-corrected chi connectivity index (χ4v) is 4.81. The number of benzene rings is 1. The third-order valence-corrected chi connectivity index (χ3v) is 6.01. The summed E-state index contributed by atoms with van der Waals surface area (Å²) in [5.74, 6) is 0.193. The number of ether oxygens (including phenoxy) is 1. The van der Waals surface area contributed by atoms with Crippen LogP contribution in [-0.2, 0) is 9.53 Å². The molecule has 5 heteroatoms. The van der Waals surface area contributed by atoms with Gasteiger partial charge in [-0.25, -0.2) is 0 Å². The van der Waals surface area contributed by atoms with E-state index in [1.165, 1.54) is 18.4 Å². The Labute approximate surface area is 150 Å². The Balaban J connectivity index is 1.50. The van der Waals surface area contributed by atoms with E-state index in [2.05, 4.69) is 52.4 Å². The first-order valence-electron chi connectivity index (χ1n) is 9.66. The second kappa shape index (κ2) is 7.44. The molecular weight excluding hydrogens is 314 g/mol. The smallest absolute Gasteiger partial charge is 0.222 e. The maximum atomic E-state index is 12.4. The zero-order valence-electron chi connectivity index (χ0n) is 15.1. The van der Waals surface area contributed by atoms with Crippen molar-refractivity contribution in [3.8, 4) is 0 Å². The number of amides is 1. The van der Waals surface area contributed by atoms with Crippen molar-refractivity contribution in [2.75, 3.05) is 26.3 Å². The third-order valence-electron chi connectivity index (χ3n) is 6.01. The molecule has 0 aliphatic carbocycles. The molecule has 0 bridgehead atoms. The normalized spacial score (nSPS) is 34.8. The number of hydrogen-bond donors (Lipinski definition) is 1. The highest BCUT2D eigenvalue weighted by molar-refractivity contribution is 5.77. The van der Waals surface area contributed by atoms with Gasteiger partial charge in [0.25, 0.3) is 0 Å². The molecular formula is C20H29N3O2. The van der Waals surface area contributed by atoms with Crippen molar-refractivity contribution in [2.45, 2.75) is 56.9 Å². The van der Waals surface area contributed by atoms with Crippen molar-refractivity contribution in [3.05, 3.63) is 35.9 Å². The Kier molecular flexibility index (Phi) is 5.06. The van der Waals surface area contributed by atoms with Crippen LogP contribution in [0, 0.1) is 0 Å². The third kappa shape index (κ3) is 3.59. The van der Waals surface area contributed by atoms with E-state index in [9.17, 15) is 4.79 Å². The maximum Gasteiger partial charge on any atom is 0.222 e. The highest BCUT2D eigenvalue weighted by Crippen LogP contribution is 2.35. The van der Waals surface area contributed by atoms with Gasteiger partial charge in [-0.3, -0.25) is 14.6 Å². The molecule has 5 nitrogen and oxygen atoms in total. The van der Waals surface area contributed by atoms with Crippen molar-refractivity contribution in [3.63, 3.8) is 0 Å². The van der Waals surface area contributed by atoms with Crippen molar-refractivity contribution in [1.29, 1.82) is 0 Å². The molecule has 1 aromatic carbocycles. The van der Waals surface area contributed by atoms with E-state index in [0.717, 1.165) is 32.7 Å². The summed E-state index contributed by atoms with van der Waals surface area (Å²) in [6.45, 7) is 5.77. The van der Waals surface area contributed by atoms with E-state index in [-0.39, 0.29) is 12.1 Å². The predicted molar refractivity (Wildman–Crippen MR) is 97.1 cm³/mol.